The van der Waals surface area contributed by atoms with E-state index in [9.17, 15) is 18.8 Å². The van der Waals surface area contributed by atoms with Gasteiger partial charge in [0.2, 0.25) is 5.95 Å². The minimum atomic E-state index is -1.42. The van der Waals surface area contributed by atoms with Gasteiger partial charge in [-0.25, -0.2) is 9.37 Å². The van der Waals surface area contributed by atoms with Gasteiger partial charge in [0, 0.05) is 6.42 Å². The molecule has 0 amide bonds. The van der Waals surface area contributed by atoms with Crippen LogP contribution in [0.1, 0.15) is 32.9 Å². The third-order valence-electron chi connectivity index (χ3n) is 4.87. The van der Waals surface area contributed by atoms with E-state index in [0.717, 1.165) is 0 Å². The number of nitrogens with one attached hydrogen (secondary N) is 1. The Bertz CT molecular complexity index is 1010. The van der Waals surface area contributed by atoms with E-state index in [1.165, 1.54) is 10.9 Å². The Balaban J connectivity index is 1.50. The molecule has 2 aromatic rings. The summed E-state index contributed by atoms with van der Waals surface area (Å²) in [5.74, 6) is -1.46. The summed E-state index contributed by atoms with van der Waals surface area (Å²) in [4.78, 5) is 45.7. The first-order valence-electron chi connectivity index (χ1n) is 9.77. The smallest absolute Gasteiger partial charge is 0.323 e. The van der Waals surface area contributed by atoms with Gasteiger partial charge in [-0.2, -0.15) is 4.98 Å². The maximum absolute atomic E-state index is 14.4. The van der Waals surface area contributed by atoms with E-state index in [-0.39, 0.29) is 49.1 Å². The molecule has 12 nitrogen and oxygen atoms in total. The standard InChI is InChI=1S/C18H25FN6O6/c1-8(2)13(20)17(28)29-4-3-12(26)30-6-10-9(19)5-11(31-10)25-7-22-14-15(25)23-18(21)24-16(14)27/h7-11,13H,3-6,20H2,1-2H3,(H3,21,23,24,27)/t9?,10-,11-,13+/m1/s1. The molecule has 3 rings (SSSR count). The van der Waals surface area contributed by atoms with Crippen molar-refractivity contribution >= 4 is 29.1 Å². The minimum Gasteiger partial charge on any atom is -0.464 e. The monoisotopic (exact) mass is 440 g/mol. The van der Waals surface area contributed by atoms with E-state index >= 15 is 0 Å². The zero-order valence-corrected chi connectivity index (χ0v) is 17.1. The number of H-pyrrole nitrogens is 1. The molecule has 0 aromatic carbocycles. The van der Waals surface area contributed by atoms with Crippen LogP contribution in [0.5, 0.6) is 0 Å². The molecule has 1 aliphatic heterocycles. The van der Waals surface area contributed by atoms with E-state index in [4.69, 9.17) is 25.7 Å². The quantitative estimate of drug-likeness (QED) is 0.465. The third-order valence-corrected chi connectivity index (χ3v) is 4.87. The largest absolute Gasteiger partial charge is 0.464 e. The number of hydrogen-bond acceptors (Lipinski definition) is 10. The Morgan fingerprint density at radius 1 is 1.42 bits per heavy atom. The number of anilines is 1. The second kappa shape index (κ2) is 9.39. The molecule has 5 N–H and O–H groups in total. The van der Waals surface area contributed by atoms with Gasteiger partial charge >= 0.3 is 11.9 Å². The number of nitrogen functional groups attached to an aromatic ring is 1. The summed E-state index contributed by atoms with van der Waals surface area (Å²) in [6.07, 6.45) is -2.15. The number of nitrogens with two attached hydrogens (primary N) is 2. The number of ether oxygens (including phenoxy) is 3. The van der Waals surface area contributed by atoms with Gasteiger partial charge in [0.1, 0.15) is 37.8 Å². The van der Waals surface area contributed by atoms with Gasteiger partial charge in [0.15, 0.2) is 11.2 Å². The van der Waals surface area contributed by atoms with E-state index in [1.54, 1.807) is 13.8 Å². The number of hydrogen-bond donors (Lipinski definition) is 3. The lowest BCUT2D eigenvalue weighted by Gasteiger charge is -2.16. The molecule has 1 fully saturated rings. The molecule has 0 saturated carbocycles. The number of carbonyl (C=O) groups excluding carboxylic acids is 2. The van der Waals surface area contributed by atoms with Gasteiger partial charge in [0.25, 0.3) is 5.56 Å². The fraction of sp³-hybridized carbons (Fsp3) is 0.611. The molecule has 4 atom stereocenters. The van der Waals surface area contributed by atoms with Crippen LogP contribution in [0, 0.1) is 5.92 Å². The Labute approximate surface area is 176 Å². The van der Waals surface area contributed by atoms with Gasteiger partial charge < -0.3 is 25.7 Å². The zero-order chi connectivity index (χ0) is 22.7. The predicted octanol–water partition coefficient (Wildman–Crippen LogP) is -0.213. The van der Waals surface area contributed by atoms with Crippen LogP contribution in [0.3, 0.4) is 0 Å². The fourth-order valence-electron chi connectivity index (χ4n) is 3.01. The third kappa shape index (κ3) is 5.17. The fourth-order valence-corrected chi connectivity index (χ4v) is 3.01. The average molecular weight is 440 g/mol. The molecule has 1 unspecified atom stereocenters. The number of aromatic amines is 1. The van der Waals surface area contributed by atoms with Crippen LogP contribution in [0.4, 0.5) is 10.3 Å². The number of aromatic nitrogens is 4. The van der Waals surface area contributed by atoms with Crippen LogP contribution in [-0.4, -0.2) is 63.0 Å². The Hall–Kier alpha value is -3.06. The summed E-state index contributed by atoms with van der Waals surface area (Å²) >= 11 is 0. The highest BCUT2D eigenvalue weighted by Crippen LogP contribution is 2.32. The van der Waals surface area contributed by atoms with Crippen molar-refractivity contribution in [3.05, 3.63) is 16.7 Å². The number of fused-ring (bicyclic) bond motifs is 1. The van der Waals surface area contributed by atoms with Crippen LogP contribution in [0.15, 0.2) is 11.1 Å². The highest BCUT2D eigenvalue weighted by molar-refractivity contribution is 5.76. The molecular formula is C18H25FN6O6. The molecule has 0 radical (unpaired) electrons. The van der Waals surface area contributed by atoms with E-state index in [0.29, 0.717) is 0 Å². The van der Waals surface area contributed by atoms with Crippen molar-refractivity contribution in [2.75, 3.05) is 18.9 Å². The first kappa shape index (κ1) is 22.6. The van der Waals surface area contributed by atoms with Crippen molar-refractivity contribution in [2.24, 2.45) is 11.7 Å². The normalized spacial score (nSPS) is 22.0. The second-order valence-corrected chi connectivity index (χ2v) is 7.53. The molecule has 0 aliphatic carbocycles. The second-order valence-electron chi connectivity index (χ2n) is 7.53. The van der Waals surface area contributed by atoms with Gasteiger partial charge in [-0.15, -0.1) is 0 Å². The van der Waals surface area contributed by atoms with Crippen molar-refractivity contribution in [3.63, 3.8) is 0 Å². The molecule has 170 valence electrons. The molecule has 1 saturated heterocycles. The number of nitrogens with zero attached hydrogens (tertiary/aromatic N) is 3. The number of alkyl halides is 1. The van der Waals surface area contributed by atoms with E-state index < -0.39 is 42.0 Å². The van der Waals surface area contributed by atoms with Crippen molar-refractivity contribution in [1.82, 2.24) is 19.5 Å². The number of imidazole rings is 1. The minimum absolute atomic E-state index is 0.0488. The SMILES string of the molecule is CC(C)[C@H](N)C(=O)OCCC(=O)OC[C@H]1O[C@@H](n2cnc3c(=O)[nH]c(N)nc32)CC1F. The van der Waals surface area contributed by atoms with Crippen LogP contribution in [0.25, 0.3) is 11.2 Å². The Kier molecular flexibility index (Phi) is 6.85. The maximum atomic E-state index is 14.4. The summed E-state index contributed by atoms with van der Waals surface area (Å²) in [5.41, 5.74) is 10.9. The summed E-state index contributed by atoms with van der Waals surface area (Å²) in [7, 11) is 0. The summed E-state index contributed by atoms with van der Waals surface area (Å²) in [5, 5.41) is 0. The Morgan fingerprint density at radius 3 is 2.87 bits per heavy atom. The van der Waals surface area contributed by atoms with Crippen LogP contribution in [-0.2, 0) is 23.8 Å². The Morgan fingerprint density at radius 2 is 2.16 bits per heavy atom. The molecule has 0 spiro atoms. The number of esters is 2. The molecule has 13 heteroatoms. The summed E-state index contributed by atoms with van der Waals surface area (Å²) < 4.78 is 31.4. The van der Waals surface area contributed by atoms with Crippen LogP contribution >= 0.6 is 0 Å². The first-order chi connectivity index (χ1) is 14.7. The highest BCUT2D eigenvalue weighted by Gasteiger charge is 2.38. The summed E-state index contributed by atoms with van der Waals surface area (Å²) in [6, 6.07) is -0.771. The lowest BCUT2D eigenvalue weighted by Crippen LogP contribution is -2.37. The predicted molar refractivity (Wildman–Crippen MR) is 105 cm³/mol. The topological polar surface area (TPSA) is 177 Å². The molecule has 31 heavy (non-hydrogen) atoms. The lowest BCUT2D eigenvalue weighted by molar-refractivity contribution is -0.153. The van der Waals surface area contributed by atoms with Crippen molar-refractivity contribution < 1.29 is 28.2 Å². The maximum Gasteiger partial charge on any atom is 0.323 e. The van der Waals surface area contributed by atoms with Crippen molar-refractivity contribution in [2.45, 2.75) is 51.2 Å². The number of halogens is 1. The highest BCUT2D eigenvalue weighted by atomic mass is 19.1. The number of carbonyl (C=O) groups is 2. The summed E-state index contributed by atoms with van der Waals surface area (Å²) in [6.45, 7) is 3.04. The van der Waals surface area contributed by atoms with Gasteiger partial charge in [-0.1, -0.05) is 13.8 Å². The molecule has 0 bridgehead atoms. The molecule has 1 aliphatic rings. The van der Waals surface area contributed by atoms with Crippen molar-refractivity contribution in [1.29, 1.82) is 0 Å². The molecular weight excluding hydrogens is 415 g/mol. The van der Waals surface area contributed by atoms with Crippen LogP contribution < -0.4 is 17.0 Å². The zero-order valence-electron chi connectivity index (χ0n) is 17.1. The van der Waals surface area contributed by atoms with Crippen molar-refractivity contribution in [3.8, 4) is 0 Å². The van der Waals surface area contributed by atoms with Gasteiger partial charge in [0.05, 0.1) is 12.7 Å². The lowest BCUT2D eigenvalue weighted by atomic mass is 10.1. The van der Waals surface area contributed by atoms with E-state index in [1.807, 2.05) is 0 Å². The molecule has 3 heterocycles. The average Bonchev–Trinajstić information content (AvgIpc) is 3.28. The number of rotatable bonds is 8. The van der Waals surface area contributed by atoms with Crippen LogP contribution in [0.2, 0.25) is 0 Å². The van der Waals surface area contributed by atoms with Gasteiger partial charge in [-0.3, -0.25) is 23.9 Å². The van der Waals surface area contributed by atoms with Gasteiger partial charge in [-0.05, 0) is 5.92 Å². The first-order valence-corrected chi connectivity index (χ1v) is 9.77. The van der Waals surface area contributed by atoms with E-state index in [2.05, 4.69) is 15.0 Å². The molecule has 2 aromatic heterocycles.